The Morgan fingerprint density at radius 3 is 2.45 bits per heavy atom. The number of benzene rings is 1. The van der Waals surface area contributed by atoms with Crippen LogP contribution in [0.1, 0.15) is 13.8 Å². The molecule has 1 amide bonds. The molecule has 0 bridgehead atoms. The molecular weight excluding hydrogens is 312 g/mol. The maximum absolute atomic E-state index is 13.3. The molecule has 5 nitrogen and oxygen atoms in total. The second kappa shape index (κ2) is 5.35. The number of piperazine rings is 1. The van der Waals surface area contributed by atoms with E-state index >= 15 is 0 Å². The van der Waals surface area contributed by atoms with E-state index in [1.165, 1.54) is 16.2 Å². The van der Waals surface area contributed by atoms with Crippen molar-refractivity contribution in [2.24, 2.45) is 0 Å². The van der Waals surface area contributed by atoms with E-state index in [0.29, 0.717) is 28.4 Å². The highest BCUT2D eigenvalue weighted by molar-refractivity contribution is 7.22. The molecule has 1 saturated heterocycles. The minimum absolute atomic E-state index is 0.179. The predicted octanol–water partition coefficient (Wildman–Crippen LogP) is 3.15. The monoisotopic (exact) mass is 327 g/mol. The highest BCUT2D eigenvalue weighted by Crippen LogP contribution is 2.32. The first-order valence-electron chi connectivity index (χ1n) is 6.88. The van der Waals surface area contributed by atoms with Gasteiger partial charge in [0, 0.05) is 19.2 Å². The van der Waals surface area contributed by atoms with Gasteiger partial charge in [-0.2, -0.15) is 0 Å². The van der Waals surface area contributed by atoms with Gasteiger partial charge in [0.15, 0.2) is 16.8 Å². The molecule has 1 aromatic carbocycles. The number of rotatable bonds is 1. The number of hydrogen-bond acceptors (Lipinski definition) is 4. The van der Waals surface area contributed by atoms with E-state index in [2.05, 4.69) is 4.98 Å². The van der Waals surface area contributed by atoms with Crippen LogP contribution in [0.5, 0.6) is 0 Å². The minimum Gasteiger partial charge on any atom is -0.465 e. The Balaban J connectivity index is 1.90. The van der Waals surface area contributed by atoms with Gasteiger partial charge in [0.1, 0.15) is 0 Å². The Labute approximate surface area is 129 Å². The number of thiazole rings is 1. The van der Waals surface area contributed by atoms with Crippen molar-refractivity contribution in [2.75, 3.05) is 18.0 Å². The number of aromatic nitrogens is 1. The normalized spacial score (nSPS) is 22.4. The van der Waals surface area contributed by atoms with Gasteiger partial charge in [-0.15, -0.1) is 0 Å². The fourth-order valence-electron chi connectivity index (χ4n) is 2.90. The van der Waals surface area contributed by atoms with Gasteiger partial charge in [0.25, 0.3) is 0 Å². The van der Waals surface area contributed by atoms with Gasteiger partial charge in [-0.05, 0) is 19.9 Å². The third-order valence-electron chi connectivity index (χ3n) is 3.83. The van der Waals surface area contributed by atoms with Gasteiger partial charge in [0.05, 0.1) is 22.3 Å². The van der Waals surface area contributed by atoms with Gasteiger partial charge in [0.2, 0.25) is 0 Å². The van der Waals surface area contributed by atoms with Gasteiger partial charge in [-0.3, -0.25) is 4.90 Å². The molecule has 0 unspecified atom stereocenters. The number of carboxylic acid groups (broad SMARTS) is 1. The maximum atomic E-state index is 13.3. The molecular formula is C14H15F2N3O2S. The molecule has 118 valence electrons. The summed E-state index contributed by atoms with van der Waals surface area (Å²) in [7, 11) is 0. The van der Waals surface area contributed by atoms with Crippen LogP contribution in [0, 0.1) is 11.6 Å². The van der Waals surface area contributed by atoms with Crippen LogP contribution in [-0.4, -0.2) is 46.3 Å². The third-order valence-corrected chi connectivity index (χ3v) is 4.91. The van der Waals surface area contributed by atoms with E-state index in [9.17, 15) is 18.7 Å². The number of nitrogens with zero attached hydrogens (tertiary/aromatic N) is 3. The second-order valence-corrected chi connectivity index (χ2v) is 6.53. The first-order chi connectivity index (χ1) is 10.4. The first kappa shape index (κ1) is 15.0. The van der Waals surface area contributed by atoms with Crippen molar-refractivity contribution in [3.63, 3.8) is 0 Å². The van der Waals surface area contributed by atoms with Crippen molar-refractivity contribution in [2.45, 2.75) is 25.9 Å². The summed E-state index contributed by atoms with van der Waals surface area (Å²) in [6.07, 6.45) is -0.937. The quantitative estimate of drug-likeness (QED) is 0.874. The summed E-state index contributed by atoms with van der Waals surface area (Å²) >= 11 is 1.28. The van der Waals surface area contributed by atoms with Crippen LogP contribution < -0.4 is 4.90 Å². The number of hydrogen-bond donors (Lipinski definition) is 1. The number of amides is 1. The molecule has 2 heterocycles. The molecule has 2 atom stereocenters. The molecule has 0 saturated carbocycles. The fraction of sp³-hybridized carbons (Fsp3) is 0.429. The van der Waals surface area contributed by atoms with Crippen molar-refractivity contribution < 1.29 is 18.7 Å². The lowest BCUT2D eigenvalue weighted by molar-refractivity contribution is 0.0982. The van der Waals surface area contributed by atoms with Crippen LogP contribution >= 0.6 is 11.3 Å². The van der Waals surface area contributed by atoms with Crippen molar-refractivity contribution in [3.8, 4) is 0 Å². The van der Waals surface area contributed by atoms with Crippen LogP contribution in [0.2, 0.25) is 0 Å². The molecule has 0 aliphatic carbocycles. The fourth-order valence-corrected chi connectivity index (χ4v) is 3.89. The number of anilines is 1. The molecule has 1 aromatic heterocycles. The number of carbonyl (C=O) groups is 1. The van der Waals surface area contributed by atoms with Crippen molar-refractivity contribution >= 4 is 32.8 Å². The number of halogens is 2. The Hall–Kier alpha value is -1.96. The molecule has 3 rings (SSSR count). The molecule has 22 heavy (non-hydrogen) atoms. The first-order valence-corrected chi connectivity index (χ1v) is 7.70. The summed E-state index contributed by atoms with van der Waals surface area (Å²) in [4.78, 5) is 19.0. The van der Waals surface area contributed by atoms with E-state index in [-0.39, 0.29) is 12.1 Å². The highest BCUT2D eigenvalue weighted by atomic mass is 32.1. The van der Waals surface area contributed by atoms with Gasteiger partial charge >= 0.3 is 6.09 Å². The highest BCUT2D eigenvalue weighted by Gasteiger charge is 2.33. The second-order valence-electron chi connectivity index (χ2n) is 5.52. The summed E-state index contributed by atoms with van der Waals surface area (Å²) in [5.74, 6) is -1.80. The van der Waals surface area contributed by atoms with E-state index in [1.54, 1.807) is 0 Å². The van der Waals surface area contributed by atoms with Gasteiger partial charge in [-0.25, -0.2) is 18.6 Å². The molecule has 1 aliphatic rings. The topological polar surface area (TPSA) is 56.7 Å². The third kappa shape index (κ3) is 2.47. The van der Waals surface area contributed by atoms with Crippen LogP contribution in [0.25, 0.3) is 10.2 Å². The maximum Gasteiger partial charge on any atom is 0.407 e. The zero-order valence-electron chi connectivity index (χ0n) is 12.1. The van der Waals surface area contributed by atoms with Crippen molar-refractivity contribution in [1.82, 2.24) is 9.88 Å². The molecule has 1 fully saturated rings. The average Bonchev–Trinajstić information content (AvgIpc) is 2.80. The Morgan fingerprint density at radius 2 is 1.86 bits per heavy atom. The summed E-state index contributed by atoms with van der Waals surface area (Å²) in [6, 6.07) is 1.88. The lowest BCUT2D eigenvalue weighted by atomic mass is 10.1. The molecule has 8 heteroatoms. The van der Waals surface area contributed by atoms with Gasteiger partial charge < -0.3 is 10.0 Å². The van der Waals surface area contributed by atoms with Crippen LogP contribution in [0.3, 0.4) is 0 Å². The summed E-state index contributed by atoms with van der Waals surface area (Å²) in [6.45, 7) is 4.68. The van der Waals surface area contributed by atoms with Crippen LogP contribution in [0.4, 0.5) is 18.7 Å². The SMILES string of the molecule is C[C@@H]1CN(c2nc3cc(F)c(F)cc3s2)C[C@H](C)N1C(=O)O. The molecule has 1 N–H and O–H groups in total. The standard InChI is InChI=1S/C14H15F2N3O2S/c1-7-5-18(6-8(2)19(7)14(20)21)13-17-11-3-9(15)10(16)4-12(11)22-13/h3-4,7-8H,5-6H2,1-2H3,(H,20,21)/t7-,8+. The summed E-state index contributed by atoms with van der Waals surface area (Å²) in [5.41, 5.74) is 0.417. The molecule has 2 aromatic rings. The zero-order chi connectivity index (χ0) is 16.0. The smallest absolute Gasteiger partial charge is 0.407 e. The Bertz CT molecular complexity index is 685. The number of fused-ring (bicyclic) bond motifs is 1. The summed E-state index contributed by atoms with van der Waals surface area (Å²) < 4.78 is 27.1. The zero-order valence-corrected chi connectivity index (χ0v) is 12.9. The van der Waals surface area contributed by atoms with Gasteiger partial charge in [-0.1, -0.05) is 11.3 Å². The molecule has 0 spiro atoms. The van der Waals surface area contributed by atoms with Crippen LogP contribution in [0.15, 0.2) is 12.1 Å². The van der Waals surface area contributed by atoms with Crippen molar-refractivity contribution in [1.29, 1.82) is 0 Å². The lowest BCUT2D eigenvalue weighted by Crippen LogP contribution is -2.58. The predicted molar refractivity (Wildman–Crippen MR) is 80.5 cm³/mol. The minimum atomic E-state index is -0.937. The Kier molecular flexibility index (Phi) is 3.64. The largest absolute Gasteiger partial charge is 0.465 e. The lowest BCUT2D eigenvalue weighted by Gasteiger charge is -2.42. The molecule has 1 aliphatic heterocycles. The summed E-state index contributed by atoms with van der Waals surface area (Å²) in [5, 5.41) is 9.88. The average molecular weight is 327 g/mol. The van der Waals surface area contributed by atoms with E-state index in [0.717, 1.165) is 12.1 Å². The van der Waals surface area contributed by atoms with E-state index in [4.69, 9.17) is 0 Å². The van der Waals surface area contributed by atoms with E-state index in [1.807, 2.05) is 18.7 Å². The van der Waals surface area contributed by atoms with Crippen LogP contribution in [-0.2, 0) is 0 Å². The van der Waals surface area contributed by atoms with E-state index < -0.39 is 17.7 Å². The Morgan fingerprint density at radius 1 is 1.27 bits per heavy atom. The van der Waals surface area contributed by atoms with Crippen molar-refractivity contribution in [3.05, 3.63) is 23.8 Å². The molecule has 0 radical (unpaired) electrons.